The Kier molecular flexibility index (Phi) is 8.31. The fourth-order valence-corrected chi connectivity index (χ4v) is 4.07. The number of nitrogens with zero attached hydrogens (tertiary/aromatic N) is 2. The van der Waals surface area contributed by atoms with Gasteiger partial charge in [-0.05, 0) is 23.8 Å². The Bertz CT molecular complexity index is 801. The average Bonchev–Trinajstić information content (AvgIpc) is 2.79. The van der Waals surface area contributed by atoms with Gasteiger partial charge < -0.3 is 20.3 Å². The van der Waals surface area contributed by atoms with Crippen molar-refractivity contribution < 1.29 is 4.74 Å². The Balaban J connectivity index is 1.50. The van der Waals surface area contributed by atoms with Crippen LogP contribution in [0.4, 0.5) is 5.69 Å². The predicted octanol–water partition coefficient (Wildman–Crippen LogP) is 3.67. The third-order valence-corrected chi connectivity index (χ3v) is 5.71. The van der Waals surface area contributed by atoms with Gasteiger partial charge in [0.2, 0.25) is 0 Å². The lowest BCUT2D eigenvalue weighted by Gasteiger charge is -2.28. The maximum Gasteiger partial charge on any atom is 0.191 e. The zero-order valence-corrected chi connectivity index (χ0v) is 17.9. The Morgan fingerprint density at radius 1 is 1.10 bits per heavy atom. The van der Waals surface area contributed by atoms with Gasteiger partial charge in [-0.15, -0.1) is 0 Å². The van der Waals surface area contributed by atoms with E-state index in [1.54, 1.807) is 13.1 Å². The fraction of sp³-hybridized carbons (Fsp3) is 0.348. The van der Waals surface area contributed by atoms with Crippen molar-refractivity contribution in [3.05, 3.63) is 72.3 Å². The van der Waals surface area contributed by atoms with Crippen molar-refractivity contribution in [2.75, 3.05) is 43.1 Å². The summed E-state index contributed by atoms with van der Waals surface area (Å²) in [6.07, 6.45) is 1.75. The number of hydrogen-bond acceptors (Lipinski definition) is 4. The maximum absolute atomic E-state index is 5.72. The Hall–Kier alpha value is -2.60. The summed E-state index contributed by atoms with van der Waals surface area (Å²) >= 11 is 2.03. The van der Waals surface area contributed by atoms with Crippen molar-refractivity contribution in [2.45, 2.75) is 13.1 Å². The summed E-state index contributed by atoms with van der Waals surface area (Å²) in [5, 5.41) is 6.74. The SMILES string of the molecule is C=CCOc1ccccc1CNC(=NC)NCc1ccc(N2CCSCC2)cc1. The third kappa shape index (κ3) is 6.46. The predicted molar refractivity (Wildman–Crippen MR) is 125 cm³/mol. The first kappa shape index (κ1) is 21.1. The van der Waals surface area contributed by atoms with Crippen molar-refractivity contribution in [1.82, 2.24) is 10.6 Å². The second-order valence-electron chi connectivity index (χ2n) is 6.75. The summed E-state index contributed by atoms with van der Waals surface area (Å²) in [7, 11) is 1.78. The van der Waals surface area contributed by atoms with E-state index in [-0.39, 0.29) is 0 Å². The van der Waals surface area contributed by atoms with Crippen LogP contribution in [0.3, 0.4) is 0 Å². The van der Waals surface area contributed by atoms with E-state index in [0.717, 1.165) is 36.9 Å². The number of anilines is 1. The number of thioether (sulfide) groups is 1. The summed E-state index contributed by atoms with van der Waals surface area (Å²) in [6.45, 7) is 7.84. The molecular weight excluding hydrogens is 380 g/mol. The van der Waals surface area contributed by atoms with Gasteiger partial charge in [-0.1, -0.05) is 43.0 Å². The highest BCUT2D eigenvalue weighted by atomic mass is 32.2. The van der Waals surface area contributed by atoms with Crippen LogP contribution in [0, 0.1) is 0 Å². The molecule has 6 heteroatoms. The fourth-order valence-electron chi connectivity index (χ4n) is 3.17. The number of guanidine groups is 1. The zero-order valence-electron chi connectivity index (χ0n) is 17.1. The number of ether oxygens (including phenoxy) is 1. The number of nitrogens with one attached hydrogen (secondary N) is 2. The van der Waals surface area contributed by atoms with Crippen LogP contribution < -0.4 is 20.3 Å². The minimum Gasteiger partial charge on any atom is -0.489 e. The first-order valence-corrected chi connectivity index (χ1v) is 11.1. The van der Waals surface area contributed by atoms with Crippen LogP contribution in [0.25, 0.3) is 0 Å². The maximum atomic E-state index is 5.72. The molecule has 0 bridgehead atoms. The molecule has 0 unspecified atom stereocenters. The molecule has 1 heterocycles. The van der Waals surface area contributed by atoms with Crippen molar-refractivity contribution in [3.8, 4) is 5.75 Å². The highest BCUT2D eigenvalue weighted by Crippen LogP contribution is 2.20. The summed E-state index contributed by atoms with van der Waals surface area (Å²) in [6, 6.07) is 16.8. The van der Waals surface area contributed by atoms with Crippen molar-refractivity contribution in [1.29, 1.82) is 0 Å². The van der Waals surface area contributed by atoms with E-state index in [2.05, 4.69) is 57.4 Å². The van der Waals surface area contributed by atoms with Crippen molar-refractivity contribution in [3.63, 3.8) is 0 Å². The minimum absolute atomic E-state index is 0.496. The molecule has 29 heavy (non-hydrogen) atoms. The summed E-state index contributed by atoms with van der Waals surface area (Å²) in [5.41, 5.74) is 3.63. The van der Waals surface area contributed by atoms with Crippen LogP contribution in [-0.4, -0.2) is 44.2 Å². The Labute approximate surface area is 178 Å². The highest BCUT2D eigenvalue weighted by molar-refractivity contribution is 7.99. The Morgan fingerprint density at radius 3 is 2.55 bits per heavy atom. The molecule has 0 amide bonds. The number of aliphatic imine (C=N–C) groups is 1. The minimum atomic E-state index is 0.496. The first-order valence-electron chi connectivity index (χ1n) is 9.98. The largest absolute Gasteiger partial charge is 0.489 e. The smallest absolute Gasteiger partial charge is 0.191 e. The molecule has 3 rings (SSSR count). The summed E-state index contributed by atoms with van der Waals surface area (Å²) in [5.74, 6) is 4.06. The molecule has 1 aliphatic heterocycles. The van der Waals surface area contributed by atoms with Gasteiger partial charge in [0.05, 0.1) is 0 Å². The molecule has 2 aromatic carbocycles. The topological polar surface area (TPSA) is 48.9 Å². The van der Waals surface area contributed by atoms with E-state index in [1.807, 2.05) is 30.0 Å². The molecule has 1 saturated heterocycles. The van der Waals surface area contributed by atoms with Crippen LogP contribution in [-0.2, 0) is 13.1 Å². The number of rotatable bonds is 8. The van der Waals surface area contributed by atoms with Gasteiger partial charge in [0.1, 0.15) is 12.4 Å². The number of benzene rings is 2. The normalized spacial score (nSPS) is 14.4. The van der Waals surface area contributed by atoms with E-state index < -0.39 is 0 Å². The van der Waals surface area contributed by atoms with Crippen LogP contribution in [0.2, 0.25) is 0 Å². The zero-order chi connectivity index (χ0) is 20.3. The van der Waals surface area contributed by atoms with Gasteiger partial charge in [0, 0.05) is 56.0 Å². The van der Waals surface area contributed by atoms with E-state index in [1.165, 1.54) is 22.8 Å². The van der Waals surface area contributed by atoms with Crippen molar-refractivity contribution in [2.24, 2.45) is 4.99 Å². The lowest BCUT2D eigenvalue weighted by molar-refractivity contribution is 0.358. The molecule has 0 radical (unpaired) electrons. The Morgan fingerprint density at radius 2 is 1.83 bits per heavy atom. The van der Waals surface area contributed by atoms with Crippen molar-refractivity contribution >= 4 is 23.4 Å². The molecule has 2 N–H and O–H groups in total. The molecule has 5 nitrogen and oxygen atoms in total. The van der Waals surface area contributed by atoms with Gasteiger partial charge in [-0.2, -0.15) is 11.8 Å². The molecule has 0 spiro atoms. The quantitative estimate of drug-likeness (QED) is 0.395. The molecule has 154 valence electrons. The second kappa shape index (κ2) is 11.4. The number of hydrogen-bond donors (Lipinski definition) is 2. The monoisotopic (exact) mass is 410 g/mol. The second-order valence-corrected chi connectivity index (χ2v) is 7.98. The van der Waals surface area contributed by atoms with Gasteiger partial charge in [0.15, 0.2) is 5.96 Å². The molecule has 2 aromatic rings. The molecule has 0 aromatic heterocycles. The van der Waals surface area contributed by atoms with Gasteiger partial charge in [-0.3, -0.25) is 4.99 Å². The van der Waals surface area contributed by atoms with Gasteiger partial charge >= 0.3 is 0 Å². The van der Waals surface area contributed by atoms with Crippen LogP contribution >= 0.6 is 11.8 Å². The lowest BCUT2D eigenvalue weighted by atomic mass is 10.2. The first-order chi connectivity index (χ1) is 14.3. The van der Waals surface area contributed by atoms with Crippen LogP contribution in [0.5, 0.6) is 5.75 Å². The average molecular weight is 411 g/mol. The molecule has 1 aliphatic rings. The highest BCUT2D eigenvalue weighted by Gasteiger charge is 2.11. The summed E-state index contributed by atoms with van der Waals surface area (Å²) in [4.78, 5) is 6.79. The third-order valence-electron chi connectivity index (χ3n) is 4.77. The van der Waals surface area contributed by atoms with Crippen LogP contribution in [0.1, 0.15) is 11.1 Å². The van der Waals surface area contributed by atoms with Gasteiger partial charge in [-0.25, -0.2) is 0 Å². The molecule has 0 atom stereocenters. The van der Waals surface area contributed by atoms with E-state index >= 15 is 0 Å². The molecule has 1 fully saturated rings. The lowest BCUT2D eigenvalue weighted by Crippen LogP contribution is -2.36. The number of para-hydroxylation sites is 1. The molecule has 0 saturated carbocycles. The van der Waals surface area contributed by atoms with E-state index in [9.17, 15) is 0 Å². The summed E-state index contributed by atoms with van der Waals surface area (Å²) < 4.78 is 5.72. The molecule has 0 aliphatic carbocycles. The van der Waals surface area contributed by atoms with Crippen LogP contribution in [0.15, 0.2) is 66.2 Å². The van der Waals surface area contributed by atoms with Gasteiger partial charge in [0.25, 0.3) is 0 Å². The molecular formula is C23H30N4OS. The van der Waals surface area contributed by atoms with E-state index in [0.29, 0.717) is 13.2 Å². The van der Waals surface area contributed by atoms with E-state index in [4.69, 9.17) is 4.74 Å². The standard InChI is InChI=1S/C23H30N4OS/c1-3-14-28-22-7-5-4-6-20(22)18-26-23(24-2)25-17-19-8-10-21(11-9-19)27-12-15-29-16-13-27/h3-11H,1,12-18H2,2H3,(H2,24,25,26).